The average molecular weight is 585 g/mol. The van der Waals surface area contributed by atoms with E-state index < -0.39 is 30.0 Å². The van der Waals surface area contributed by atoms with Crippen molar-refractivity contribution in [3.05, 3.63) is 72.8 Å². The first-order chi connectivity index (χ1) is 19.0. The summed E-state index contributed by atoms with van der Waals surface area (Å²) in [4.78, 5) is -1.06. The van der Waals surface area contributed by atoms with Crippen molar-refractivity contribution in [3.63, 3.8) is 0 Å². The zero-order valence-electron chi connectivity index (χ0n) is 21.3. The van der Waals surface area contributed by atoms with Gasteiger partial charge in [-0.1, -0.05) is 0 Å². The van der Waals surface area contributed by atoms with Crippen LogP contribution in [0.5, 0.6) is 11.5 Å². The molecule has 0 spiro atoms. The molecule has 4 aromatic carbocycles. The number of benzene rings is 4. The minimum absolute atomic E-state index is 0.0813. The highest BCUT2D eigenvalue weighted by molar-refractivity contribution is 7.86. The number of nitrogens with zero attached hydrogens (tertiary/aromatic N) is 4. The lowest BCUT2D eigenvalue weighted by molar-refractivity contribution is 0.340. The summed E-state index contributed by atoms with van der Waals surface area (Å²) < 4.78 is 78.6. The van der Waals surface area contributed by atoms with Gasteiger partial charge in [-0.25, -0.2) is 0 Å². The summed E-state index contributed by atoms with van der Waals surface area (Å²) in [6.45, 7) is 4.63. The van der Waals surface area contributed by atoms with E-state index in [0.717, 1.165) is 24.3 Å². The molecule has 0 aromatic heterocycles. The molecule has 0 amide bonds. The summed E-state index contributed by atoms with van der Waals surface area (Å²) in [5.41, 5.74) is 0.550. The first-order valence-electron chi connectivity index (χ1n) is 11.8. The third-order valence-corrected chi connectivity index (χ3v) is 7.07. The first kappa shape index (κ1) is 28.8. The molecule has 4 rings (SSSR count). The second-order valence-corrected chi connectivity index (χ2v) is 11.0. The highest BCUT2D eigenvalue weighted by Crippen LogP contribution is 2.39. The van der Waals surface area contributed by atoms with Crippen LogP contribution >= 0.6 is 0 Å². The SMILES string of the molecule is CCOc1ccc(N=Nc2cc(S(=O)(=O)O)cc3c(N=Nc4ccc(OCC)cc4)cc(S(=O)(=O)O)cc23)cc1. The van der Waals surface area contributed by atoms with Gasteiger partial charge in [0.2, 0.25) is 0 Å². The summed E-state index contributed by atoms with van der Waals surface area (Å²) in [6.07, 6.45) is 0. The second kappa shape index (κ2) is 11.9. The normalized spacial score (nSPS) is 12.4. The Morgan fingerprint density at radius 3 is 1.23 bits per heavy atom. The molecule has 40 heavy (non-hydrogen) atoms. The van der Waals surface area contributed by atoms with E-state index in [4.69, 9.17) is 9.47 Å². The Bertz CT molecular complexity index is 1670. The van der Waals surface area contributed by atoms with E-state index in [-0.39, 0.29) is 22.1 Å². The van der Waals surface area contributed by atoms with E-state index in [0.29, 0.717) is 36.1 Å². The average Bonchev–Trinajstić information content (AvgIpc) is 2.91. The number of hydrogen-bond acceptors (Lipinski definition) is 10. The third-order valence-electron chi connectivity index (χ3n) is 5.41. The molecule has 2 N–H and O–H groups in total. The summed E-state index contributed by atoms with van der Waals surface area (Å²) in [6, 6.07) is 17.4. The van der Waals surface area contributed by atoms with E-state index in [9.17, 15) is 25.9 Å². The van der Waals surface area contributed by atoms with Gasteiger partial charge < -0.3 is 9.47 Å². The Labute approximate surface area is 230 Å². The lowest BCUT2D eigenvalue weighted by Crippen LogP contribution is -2.00. The van der Waals surface area contributed by atoms with Crippen LogP contribution in [0, 0.1) is 0 Å². The van der Waals surface area contributed by atoms with Crippen molar-refractivity contribution < 1.29 is 35.4 Å². The van der Waals surface area contributed by atoms with Crippen molar-refractivity contribution in [1.29, 1.82) is 0 Å². The number of fused-ring (bicyclic) bond motifs is 1. The molecular weight excluding hydrogens is 560 g/mol. The Balaban J connectivity index is 1.89. The first-order valence-corrected chi connectivity index (χ1v) is 14.7. The summed E-state index contributed by atoms with van der Waals surface area (Å²) in [5, 5.41) is 16.6. The third kappa shape index (κ3) is 7.04. The lowest BCUT2D eigenvalue weighted by Gasteiger charge is -2.09. The van der Waals surface area contributed by atoms with Gasteiger partial charge in [0.15, 0.2) is 0 Å². The van der Waals surface area contributed by atoms with Crippen LogP contribution in [0.15, 0.2) is 103 Å². The van der Waals surface area contributed by atoms with Gasteiger partial charge in [-0.05, 0) is 86.6 Å². The Morgan fingerprint density at radius 2 is 0.925 bits per heavy atom. The fraction of sp³-hybridized carbons (Fsp3) is 0.154. The van der Waals surface area contributed by atoms with Crippen LogP contribution in [0.2, 0.25) is 0 Å². The minimum atomic E-state index is -4.72. The van der Waals surface area contributed by atoms with Crippen LogP contribution in [-0.4, -0.2) is 39.2 Å². The molecule has 208 valence electrons. The quantitative estimate of drug-likeness (QED) is 0.148. The molecule has 0 fully saturated rings. The Hall–Kier alpha value is -4.24. The Morgan fingerprint density at radius 1 is 0.575 bits per heavy atom. The van der Waals surface area contributed by atoms with E-state index in [2.05, 4.69) is 20.5 Å². The van der Waals surface area contributed by atoms with Crippen LogP contribution in [-0.2, 0) is 20.2 Å². The van der Waals surface area contributed by atoms with Crippen LogP contribution in [0.4, 0.5) is 22.7 Å². The fourth-order valence-electron chi connectivity index (χ4n) is 3.61. The molecule has 0 unspecified atom stereocenters. The number of hydrogen-bond donors (Lipinski definition) is 2. The standard InChI is InChI=1S/C26H24N4O8S2/c1-3-37-19-9-5-17(6-10-19)27-29-25-15-21(39(31,32)33)14-24-23(25)13-22(40(34,35)36)16-26(24)30-28-18-7-11-20(12-8-18)38-4-2/h5-16H,3-4H2,1-2H3,(H,31,32,33)(H,34,35,36). The molecule has 0 radical (unpaired) electrons. The molecule has 0 saturated heterocycles. The van der Waals surface area contributed by atoms with E-state index in [1.165, 1.54) is 0 Å². The van der Waals surface area contributed by atoms with Gasteiger partial charge in [-0.2, -0.15) is 27.1 Å². The van der Waals surface area contributed by atoms with Crippen LogP contribution < -0.4 is 9.47 Å². The molecular formula is C26H24N4O8S2. The lowest BCUT2D eigenvalue weighted by atomic mass is 10.1. The van der Waals surface area contributed by atoms with Gasteiger partial charge in [0.1, 0.15) is 11.5 Å². The highest BCUT2D eigenvalue weighted by atomic mass is 32.2. The monoisotopic (exact) mass is 584 g/mol. The fourth-order valence-corrected chi connectivity index (χ4v) is 4.66. The van der Waals surface area contributed by atoms with Crippen LogP contribution in [0.25, 0.3) is 10.8 Å². The maximum Gasteiger partial charge on any atom is 0.294 e. The maximum absolute atomic E-state index is 12.1. The van der Waals surface area contributed by atoms with Crippen molar-refractivity contribution in [1.82, 2.24) is 0 Å². The molecule has 0 saturated carbocycles. The number of rotatable bonds is 10. The molecule has 0 aliphatic carbocycles. The number of azo groups is 2. The van der Waals surface area contributed by atoms with Crippen molar-refractivity contribution >= 4 is 53.8 Å². The van der Waals surface area contributed by atoms with Crippen molar-refractivity contribution in [3.8, 4) is 11.5 Å². The van der Waals surface area contributed by atoms with Gasteiger partial charge >= 0.3 is 0 Å². The van der Waals surface area contributed by atoms with E-state index in [1.807, 2.05) is 13.8 Å². The van der Waals surface area contributed by atoms with Crippen molar-refractivity contribution in [2.75, 3.05) is 13.2 Å². The van der Waals surface area contributed by atoms with Crippen molar-refractivity contribution in [2.24, 2.45) is 20.5 Å². The van der Waals surface area contributed by atoms with E-state index in [1.54, 1.807) is 48.5 Å². The summed E-state index contributed by atoms with van der Waals surface area (Å²) >= 11 is 0. The molecule has 0 heterocycles. The molecule has 0 bridgehead atoms. The van der Waals surface area contributed by atoms with Crippen molar-refractivity contribution in [2.45, 2.75) is 23.6 Å². The number of ether oxygens (including phenoxy) is 2. The molecule has 12 nitrogen and oxygen atoms in total. The second-order valence-electron chi connectivity index (χ2n) is 8.18. The van der Waals surface area contributed by atoms with Crippen LogP contribution in [0.1, 0.15) is 13.8 Å². The van der Waals surface area contributed by atoms with Gasteiger partial charge in [-0.15, -0.1) is 10.2 Å². The zero-order valence-corrected chi connectivity index (χ0v) is 22.9. The minimum Gasteiger partial charge on any atom is -0.494 e. The van der Waals surface area contributed by atoms with Gasteiger partial charge in [0.25, 0.3) is 20.2 Å². The molecule has 0 atom stereocenters. The summed E-state index contributed by atoms with van der Waals surface area (Å²) in [7, 11) is -9.43. The maximum atomic E-state index is 12.1. The highest BCUT2D eigenvalue weighted by Gasteiger charge is 2.20. The molecule has 0 aliphatic heterocycles. The van der Waals surface area contributed by atoms with Crippen LogP contribution in [0.3, 0.4) is 0 Å². The van der Waals surface area contributed by atoms with Gasteiger partial charge in [0.05, 0.1) is 45.8 Å². The Kier molecular flexibility index (Phi) is 8.54. The smallest absolute Gasteiger partial charge is 0.294 e. The largest absolute Gasteiger partial charge is 0.494 e. The predicted octanol–water partition coefficient (Wildman–Crippen LogP) is 6.96. The van der Waals surface area contributed by atoms with Gasteiger partial charge in [-0.3, -0.25) is 9.11 Å². The molecule has 14 heteroatoms. The topological polar surface area (TPSA) is 177 Å². The molecule has 4 aromatic rings. The predicted molar refractivity (Wildman–Crippen MR) is 147 cm³/mol. The van der Waals surface area contributed by atoms with E-state index >= 15 is 0 Å². The molecule has 0 aliphatic rings. The van der Waals surface area contributed by atoms with Gasteiger partial charge in [0, 0.05) is 10.8 Å². The zero-order chi connectivity index (χ0) is 28.9. The summed E-state index contributed by atoms with van der Waals surface area (Å²) in [5.74, 6) is 1.22.